The maximum Gasteiger partial charge on any atom is 0.449 e. The summed E-state index contributed by atoms with van der Waals surface area (Å²) in [4.78, 5) is 27.2. The summed E-state index contributed by atoms with van der Waals surface area (Å²) in [7, 11) is 0. The number of carbonyl (C=O) groups excluding carboxylic acids is 2. The van der Waals surface area contributed by atoms with Gasteiger partial charge in [-0.05, 0) is 24.3 Å². The Balaban J connectivity index is 1.68. The second-order valence-corrected chi connectivity index (χ2v) is 5.70. The molecule has 0 atom stereocenters. The van der Waals surface area contributed by atoms with Crippen molar-refractivity contribution in [2.24, 2.45) is 0 Å². The van der Waals surface area contributed by atoms with E-state index in [1.807, 2.05) is 0 Å². The molecule has 10 heteroatoms. The number of para-hydroxylation sites is 3. The van der Waals surface area contributed by atoms with Crippen molar-refractivity contribution in [2.75, 3.05) is 11.9 Å². The molecule has 0 saturated heterocycles. The van der Waals surface area contributed by atoms with Gasteiger partial charge in [0, 0.05) is 0 Å². The molecule has 28 heavy (non-hydrogen) atoms. The fourth-order valence-electron chi connectivity index (χ4n) is 2.52. The summed E-state index contributed by atoms with van der Waals surface area (Å²) in [5.74, 6) is -3.83. The summed E-state index contributed by atoms with van der Waals surface area (Å²) in [5.41, 5.74) is 0.0611. The summed E-state index contributed by atoms with van der Waals surface area (Å²) < 4.78 is 58.4. The molecule has 1 aromatic heterocycles. The molecule has 0 aliphatic heterocycles. The van der Waals surface area contributed by atoms with Gasteiger partial charge in [-0.25, -0.2) is 9.37 Å². The van der Waals surface area contributed by atoms with Crippen LogP contribution in [-0.4, -0.2) is 28.0 Å². The molecular weight excluding hydrogens is 382 g/mol. The first-order chi connectivity index (χ1) is 13.3. The highest BCUT2D eigenvalue weighted by molar-refractivity contribution is 5.93. The Morgan fingerprint density at radius 3 is 2.46 bits per heavy atom. The van der Waals surface area contributed by atoms with E-state index < -0.39 is 42.8 Å². The zero-order valence-corrected chi connectivity index (χ0v) is 14.2. The third-order valence-electron chi connectivity index (χ3n) is 3.71. The first-order valence-electron chi connectivity index (χ1n) is 7.98. The number of anilines is 1. The number of hydrogen-bond donors (Lipinski definition) is 1. The van der Waals surface area contributed by atoms with Gasteiger partial charge in [-0.1, -0.05) is 24.3 Å². The van der Waals surface area contributed by atoms with Gasteiger partial charge in [0.25, 0.3) is 5.91 Å². The molecule has 1 N–H and O–H groups in total. The molecule has 0 aliphatic rings. The van der Waals surface area contributed by atoms with Gasteiger partial charge < -0.3 is 14.6 Å². The van der Waals surface area contributed by atoms with E-state index in [-0.39, 0.29) is 16.7 Å². The Kier molecular flexibility index (Phi) is 5.30. The Labute approximate surface area is 155 Å². The lowest BCUT2D eigenvalue weighted by Crippen LogP contribution is -2.25. The lowest BCUT2D eigenvalue weighted by molar-refractivity contribution is -0.152. The molecule has 1 amide bonds. The molecule has 0 radical (unpaired) electrons. The van der Waals surface area contributed by atoms with Crippen molar-refractivity contribution >= 4 is 28.6 Å². The molecule has 6 nitrogen and oxygen atoms in total. The number of ether oxygens (including phenoxy) is 1. The number of esters is 1. The van der Waals surface area contributed by atoms with Crippen molar-refractivity contribution in [3.8, 4) is 0 Å². The van der Waals surface area contributed by atoms with Gasteiger partial charge >= 0.3 is 12.1 Å². The number of benzene rings is 2. The van der Waals surface area contributed by atoms with Crippen LogP contribution in [0.2, 0.25) is 0 Å². The summed E-state index contributed by atoms with van der Waals surface area (Å²) in [6.07, 6.45) is -4.78. The van der Waals surface area contributed by atoms with Crippen LogP contribution in [0.1, 0.15) is 5.82 Å². The summed E-state index contributed by atoms with van der Waals surface area (Å²) in [6, 6.07) is 11.2. The van der Waals surface area contributed by atoms with Gasteiger partial charge in [0.1, 0.15) is 12.4 Å². The van der Waals surface area contributed by atoms with Crippen LogP contribution in [-0.2, 0) is 27.0 Å². The molecule has 0 fully saturated rings. The van der Waals surface area contributed by atoms with E-state index in [4.69, 9.17) is 4.74 Å². The van der Waals surface area contributed by atoms with Crippen LogP contribution in [0.25, 0.3) is 11.0 Å². The first kappa shape index (κ1) is 19.3. The lowest BCUT2D eigenvalue weighted by atomic mass is 10.3. The summed E-state index contributed by atoms with van der Waals surface area (Å²) >= 11 is 0. The average molecular weight is 395 g/mol. The van der Waals surface area contributed by atoms with Crippen molar-refractivity contribution in [3.05, 3.63) is 60.2 Å². The van der Waals surface area contributed by atoms with E-state index in [2.05, 4.69) is 10.3 Å². The molecule has 2 aromatic carbocycles. The zero-order chi connectivity index (χ0) is 20.3. The number of imidazole rings is 1. The molecule has 0 unspecified atom stereocenters. The molecule has 3 rings (SSSR count). The van der Waals surface area contributed by atoms with Gasteiger partial charge in [0.05, 0.1) is 16.7 Å². The zero-order valence-electron chi connectivity index (χ0n) is 14.2. The van der Waals surface area contributed by atoms with Crippen LogP contribution in [0, 0.1) is 5.82 Å². The highest BCUT2D eigenvalue weighted by atomic mass is 19.4. The van der Waals surface area contributed by atoms with Crippen LogP contribution in [0.15, 0.2) is 48.5 Å². The standard InChI is InChI=1S/C18H13F4N3O3/c19-11-5-1-2-6-12(11)23-15(26)10-28-16(27)9-25-14-8-4-3-7-13(14)24-17(25)18(20,21)22/h1-8H,9-10H2,(H,23,26). The largest absolute Gasteiger partial charge is 0.454 e. The normalized spacial score (nSPS) is 11.4. The van der Waals surface area contributed by atoms with E-state index in [9.17, 15) is 27.2 Å². The molecule has 0 spiro atoms. The molecule has 146 valence electrons. The van der Waals surface area contributed by atoms with E-state index >= 15 is 0 Å². The van der Waals surface area contributed by atoms with Crippen LogP contribution in [0.4, 0.5) is 23.2 Å². The van der Waals surface area contributed by atoms with Crippen molar-refractivity contribution in [1.82, 2.24) is 9.55 Å². The van der Waals surface area contributed by atoms with Crippen molar-refractivity contribution in [3.63, 3.8) is 0 Å². The number of aromatic nitrogens is 2. The van der Waals surface area contributed by atoms with E-state index in [0.717, 1.165) is 6.07 Å². The van der Waals surface area contributed by atoms with Crippen molar-refractivity contribution < 1.29 is 31.9 Å². The van der Waals surface area contributed by atoms with E-state index in [1.165, 1.54) is 42.5 Å². The number of fused-ring (bicyclic) bond motifs is 1. The second kappa shape index (κ2) is 7.67. The quantitative estimate of drug-likeness (QED) is 0.531. The van der Waals surface area contributed by atoms with Crippen molar-refractivity contribution in [1.29, 1.82) is 0 Å². The SMILES string of the molecule is O=C(COC(=O)Cn1c(C(F)(F)F)nc2ccccc21)Nc1ccccc1F. The molecule has 0 saturated carbocycles. The summed E-state index contributed by atoms with van der Waals surface area (Å²) in [5, 5.41) is 2.20. The number of alkyl halides is 3. The maximum absolute atomic E-state index is 13.5. The number of carbonyl (C=O) groups is 2. The van der Waals surface area contributed by atoms with Gasteiger partial charge in [-0.15, -0.1) is 0 Å². The Morgan fingerprint density at radius 2 is 1.75 bits per heavy atom. The van der Waals surface area contributed by atoms with Gasteiger partial charge in [0.15, 0.2) is 6.61 Å². The Bertz CT molecular complexity index is 1030. The van der Waals surface area contributed by atoms with Crippen molar-refractivity contribution in [2.45, 2.75) is 12.7 Å². The Morgan fingerprint density at radius 1 is 1.07 bits per heavy atom. The van der Waals surface area contributed by atoms with Gasteiger partial charge in [-0.3, -0.25) is 9.59 Å². The molecular formula is C18H13F4N3O3. The van der Waals surface area contributed by atoms with Gasteiger partial charge in [0.2, 0.25) is 5.82 Å². The van der Waals surface area contributed by atoms with E-state index in [0.29, 0.717) is 4.57 Å². The van der Waals surface area contributed by atoms with E-state index in [1.54, 1.807) is 0 Å². The monoisotopic (exact) mass is 395 g/mol. The number of rotatable bonds is 5. The molecule has 3 aromatic rings. The number of nitrogens with zero attached hydrogens (tertiary/aromatic N) is 2. The highest BCUT2D eigenvalue weighted by Gasteiger charge is 2.38. The third kappa shape index (κ3) is 4.27. The molecule has 1 heterocycles. The summed E-state index contributed by atoms with van der Waals surface area (Å²) in [6.45, 7) is -1.57. The minimum atomic E-state index is -4.78. The van der Waals surface area contributed by atoms with Crippen LogP contribution >= 0.6 is 0 Å². The first-order valence-corrected chi connectivity index (χ1v) is 7.98. The van der Waals surface area contributed by atoms with Gasteiger partial charge in [-0.2, -0.15) is 13.2 Å². The number of halogens is 4. The Hall–Kier alpha value is -3.43. The van der Waals surface area contributed by atoms with Crippen LogP contribution < -0.4 is 5.32 Å². The number of amides is 1. The predicted molar refractivity (Wildman–Crippen MR) is 90.7 cm³/mol. The highest BCUT2D eigenvalue weighted by Crippen LogP contribution is 2.31. The molecule has 0 aliphatic carbocycles. The van der Waals surface area contributed by atoms with Crippen LogP contribution in [0.3, 0.4) is 0 Å². The minimum Gasteiger partial charge on any atom is -0.454 e. The second-order valence-electron chi connectivity index (χ2n) is 5.70. The molecule has 0 bridgehead atoms. The smallest absolute Gasteiger partial charge is 0.449 e. The lowest BCUT2D eigenvalue weighted by Gasteiger charge is -2.11. The maximum atomic E-state index is 13.5. The average Bonchev–Trinajstić information content (AvgIpc) is 3.01. The third-order valence-corrected chi connectivity index (χ3v) is 3.71. The topological polar surface area (TPSA) is 73.2 Å². The fourth-order valence-corrected chi connectivity index (χ4v) is 2.52. The predicted octanol–water partition coefficient (Wildman–Crippen LogP) is 3.38. The number of hydrogen-bond acceptors (Lipinski definition) is 4. The van der Waals surface area contributed by atoms with Crippen LogP contribution in [0.5, 0.6) is 0 Å². The number of nitrogens with one attached hydrogen (secondary N) is 1. The fraction of sp³-hybridized carbons (Fsp3) is 0.167. The minimum absolute atomic E-state index is 0.0694.